The van der Waals surface area contributed by atoms with E-state index in [2.05, 4.69) is 48.1 Å². The van der Waals surface area contributed by atoms with Crippen molar-refractivity contribution in [3.63, 3.8) is 0 Å². The first-order valence-electron chi connectivity index (χ1n) is 6.38. The van der Waals surface area contributed by atoms with Crippen molar-refractivity contribution in [2.24, 2.45) is 0 Å². The molecular formula is C16H9Br2N3O. The summed E-state index contributed by atoms with van der Waals surface area (Å²) >= 11 is 7.02. The number of nitrogens with zero attached hydrogens (tertiary/aromatic N) is 3. The molecule has 0 aliphatic carbocycles. The molecular weight excluding hydrogens is 410 g/mol. The summed E-state index contributed by atoms with van der Waals surface area (Å²) in [7, 11) is 0. The Kier molecular flexibility index (Phi) is 4.10. The summed E-state index contributed by atoms with van der Waals surface area (Å²) in [5.74, 6) is 0.857. The average molecular weight is 419 g/mol. The summed E-state index contributed by atoms with van der Waals surface area (Å²) in [6, 6.07) is 13.0. The van der Waals surface area contributed by atoms with Gasteiger partial charge in [-0.15, -0.1) is 10.2 Å². The molecule has 0 aliphatic rings. The first-order chi connectivity index (χ1) is 10.6. The van der Waals surface area contributed by atoms with Crippen molar-refractivity contribution in [2.45, 2.75) is 6.92 Å². The van der Waals surface area contributed by atoms with Gasteiger partial charge in [0.2, 0.25) is 11.8 Å². The molecule has 2 aromatic carbocycles. The zero-order chi connectivity index (χ0) is 15.7. The number of benzene rings is 2. The van der Waals surface area contributed by atoms with Crippen LogP contribution in [0.4, 0.5) is 0 Å². The molecule has 0 N–H and O–H groups in total. The molecule has 22 heavy (non-hydrogen) atoms. The Balaban J connectivity index is 2.00. The number of hydrogen-bond acceptors (Lipinski definition) is 4. The Morgan fingerprint density at radius 1 is 1.00 bits per heavy atom. The fourth-order valence-electron chi connectivity index (χ4n) is 1.95. The Hall–Kier alpha value is -1.97. The third kappa shape index (κ3) is 2.82. The van der Waals surface area contributed by atoms with Crippen molar-refractivity contribution >= 4 is 31.9 Å². The van der Waals surface area contributed by atoms with Gasteiger partial charge >= 0.3 is 0 Å². The molecule has 0 saturated heterocycles. The molecule has 3 aromatic rings. The van der Waals surface area contributed by atoms with Gasteiger partial charge in [-0.1, -0.05) is 15.9 Å². The van der Waals surface area contributed by atoms with E-state index >= 15 is 0 Å². The van der Waals surface area contributed by atoms with Crippen molar-refractivity contribution in [2.75, 3.05) is 0 Å². The van der Waals surface area contributed by atoms with Gasteiger partial charge in [0, 0.05) is 14.5 Å². The Labute approximate surface area is 144 Å². The number of halogens is 2. The maximum absolute atomic E-state index is 8.82. The van der Waals surface area contributed by atoms with Gasteiger partial charge in [-0.2, -0.15) is 5.26 Å². The molecule has 1 aromatic heterocycles. The third-order valence-corrected chi connectivity index (χ3v) is 4.68. The maximum atomic E-state index is 8.82. The molecule has 4 nitrogen and oxygen atoms in total. The van der Waals surface area contributed by atoms with Gasteiger partial charge in [0.15, 0.2) is 0 Å². The van der Waals surface area contributed by atoms with Gasteiger partial charge in [0.25, 0.3) is 0 Å². The summed E-state index contributed by atoms with van der Waals surface area (Å²) in [5, 5.41) is 17.0. The minimum atomic E-state index is 0.420. The van der Waals surface area contributed by atoms with Gasteiger partial charge < -0.3 is 4.42 Å². The van der Waals surface area contributed by atoms with E-state index in [0.29, 0.717) is 17.3 Å². The Morgan fingerprint density at radius 2 is 1.68 bits per heavy atom. The highest BCUT2D eigenvalue weighted by Crippen LogP contribution is 2.33. The molecule has 0 aliphatic heterocycles. The molecule has 1 heterocycles. The predicted molar refractivity (Wildman–Crippen MR) is 90.0 cm³/mol. The largest absolute Gasteiger partial charge is 0.416 e. The second-order valence-corrected chi connectivity index (χ2v) is 6.39. The van der Waals surface area contributed by atoms with E-state index in [4.69, 9.17) is 9.68 Å². The lowest BCUT2D eigenvalue weighted by atomic mass is 10.1. The van der Waals surface area contributed by atoms with E-state index in [9.17, 15) is 0 Å². The van der Waals surface area contributed by atoms with Crippen LogP contribution in [0.15, 0.2) is 49.8 Å². The van der Waals surface area contributed by atoms with Crippen LogP contribution in [0.25, 0.3) is 22.9 Å². The zero-order valence-corrected chi connectivity index (χ0v) is 14.6. The van der Waals surface area contributed by atoms with Gasteiger partial charge in [-0.25, -0.2) is 0 Å². The molecule has 0 bridgehead atoms. The van der Waals surface area contributed by atoms with Crippen LogP contribution in [0.5, 0.6) is 0 Å². The molecule has 0 atom stereocenters. The molecule has 3 rings (SSSR count). The highest BCUT2D eigenvalue weighted by Gasteiger charge is 2.14. The minimum absolute atomic E-state index is 0.420. The van der Waals surface area contributed by atoms with Crippen LogP contribution < -0.4 is 0 Å². The van der Waals surface area contributed by atoms with Gasteiger partial charge in [0.05, 0.1) is 17.2 Å². The average Bonchev–Trinajstić information content (AvgIpc) is 3.00. The van der Waals surface area contributed by atoms with Gasteiger partial charge in [-0.3, -0.25) is 0 Å². The number of rotatable bonds is 2. The Morgan fingerprint density at radius 3 is 2.36 bits per heavy atom. The van der Waals surface area contributed by atoms with Gasteiger partial charge in [-0.05, 0) is 64.8 Å². The number of hydrogen-bond donors (Lipinski definition) is 0. The number of aryl methyl sites for hydroxylation is 1. The standard InChI is InChI=1S/C16H9Br2N3O/c1-9-6-14(18)12(7-13(9)17)16-21-20-15(22-16)11-4-2-10(8-19)3-5-11/h2-7H,1H3. The number of nitriles is 1. The van der Waals surface area contributed by atoms with Crippen LogP contribution in [0.1, 0.15) is 11.1 Å². The van der Waals surface area contributed by atoms with E-state index in [1.54, 1.807) is 24.3 Å². The van der Waals surface area contributed by atoms with Crippen LogP contribution in [0.2, 0.25) is 0 Å². The van der Waals surface area contributed by atoms with Crippen LogP contribution in [0, 0.1) is 18.3 Å². The van der Waals surface area contributed by atoms with Crippen molar-refractivity contribution in [1.82, 2.24) is 10.2 Å². The highest BCUT2D eigenvalue weighted by molar-refractivity contribution is 9.11. The summed E-state index contributed by atoms with van der Waals surface area (Å²) in [4.78, 5) is 0. The van der Waals surface area contributed by atoms with Gasteiger partial charge in [0.1, 0.15) is 0 Å². The lowest BCUT2D eigenvalue weighted by molar-refractivity contribution is 0.584. The molecule has 108 valence electrons. The fourth-order valence-corrected chi connectivity index (χ4v) is 2.92. The molecule has 0 fully saturated rings. The van der Waals surface area contributed by atoms with Crippen molar-refractivity contribution in [3.8, 4) is 29.0 Å². The third-order valence-electron chi connectivity index (χ3n) is 3.16. The molecule has 0 saturated carbocycles. The topological polar surface area (TPSA) is 62.7 Å². The van der Waals surface area contributed by atoms with E-state index in [1.165, 1.54) is 0 Å². The summed E-state index contributed by atoms with van der Waals surface area (Å²) in [6.45, 7) is 2.01. The normalized spacial score (nSPS) is 10.5. The molecule has 0 unspecified atom stereocenters. The number of aromatic nitrogens is 2. The Bertz CT molecular complexity index is 879. The van der Waals surface area contributed by atoms with E-state index in [-0.39, 0.29) is 0 Å². The molecule has 6 heteroatoms. The van der Waals surface area contributed by atoms with Crippen LogP contribution >= 0.6 is 31.9 Å². The van der Waals surface area contributed by atoms with Crippen LogP contribution in [0.3, 0.4) is 0 Å². The lowest BCUT2D eigenvalue weighted by Gasteiger charge is -2.03. The molecule has 0 amide bonds. The zero-order valence-electron chi connectivity index (χ0n) is 11.5. The van der Waals surface area contributed by atoms with Crippen molar-refractivity contribution in [3.05, 3.63) is 56.5 Å². The van der Waals surface area contributed by atoms with E-state index < -0.39 is 0 Å². The highest BCUT2D eigenvalue weighted by atomic mass is 79.9. The quantitative estimate of drug-likeness (QED) is 0.580. The summed E-state index contributed by atoms with van der Waals surface area (Å²) in [6.07, 6.45) is 0. The predicted octanol–water partition coefficient (Wildman–Crippen LogP) is 5.11. The van der Waals surface area contributed by atoms with E-state index in [0.717, 1.165) is 25.6 Å². The molecule has 0 radical (unpaired) electrons. The van der Waals surface area contributed by atoms with Crippen molar-refractivity contribution < 1.29 is 4.42 Å². The monoisotopic (exact) mass is 417 g/mol. The molecule has 0 spiro atoms. The fraction of sp³-hybridized carbons (Fsp3) is 0.0625. The summed E-state index contributed by atoms with van der Waals surface area (Å²) in [5.41, 5.74) is 3.31. The summed E-state index contributed by atoms with van der Waals surface area (Å²) < 4.78 is 7.62. The van der Waals surface area contributed by atoms with Crippen LogP contribution in [-0.2, 0) is 0 Å². The first kappa shape index (κ1) is 14.9. The second-order valence-electron chi connectivity index (χ2n) is 4.68. The van der Waals surface area contributed by atoms with Crippen LogP contribution in [-0.4, -0.2) is 10.2 Å². The van der Waals surface area contributed by atoms with E-state index in [1.807, 2.05) is 19.1 Å². The lowest BCUT2D eigenvalue weighted by Crippen LogP contribution is -1.84. The van der Waals surface area contributed by atoms with Crippen molar-refractivity contribution in [1.29, 1.82) is 5.26 Å². The smallest absolute Gasteiger partial charge is 0.249 e. The first-order valence-corrected chi connectivity index (χ1v) is 7.97. The second kappa shape index (κ2) is 6.03. The minimum Gasteiger partial charge on any atom is -0.416 e. The maximum Gasteiger partial charge on any atom is 0.249 e. The SMILES string of the molecule is Cc1cc(Br)c(-c2nnc(-c3ccc(C#N)cc3)o2)cc1Br.